The number of imidazole rings is 1. The van der Waals surface area contributed by atoms with E-state index in [-0.39, 0.29) is 16.6 Å². The summed E-state index contributed by atoms with van der Waals surface area (Å²) in [7, 11) is -3.58. The molecule has 1 saturated heterocycles. The van der Waals surface area contributed by atoms with Crippen LogP contribution < -0.4 is 5.32 Å². The number of anilines is 1. The van der Waals surface area contributed by atoms with E-state index in [1.165, 1.54) is 34.3 Å². The van der Waals surface area contributed by atoms with E-state index in [2.05, 4.69) is 28.7 Å². The summed E-state index contributed by atoms with van der Waals surface area (Å²) in [5.41, 5.74) is 2.34. The van der Waals surface area contributed by atoms with Gasteiger partial charge in [0.1, 0.15) is 0 Å². The van der Waals surface area contributed by atoms with Crippen LogP contribution in [-0.4, -0.2) is 47.0 Å². The minimum Gasteiger partial charge on any atom is -0.324 e. The molecule has 10 heteroatoms. The summed E-state index contributed by atoms with van der Waals surface area (Å²) < 4.78 is 29.2. The highest BCUT2D eigenvalue weighted by molar-refractivity contribution is 7.99. The topological polar surface area (TPSA) is 84.3 Å². The number of amides is 1. The number of sulfonamides is 1. The SMILES string of the molecule is Cc1nc(SCC(=O)Nc2cc(S(=O)(=O)N3CCCC3)ccc2Cl)n(CC(C)C)c1C. The molecule has 0 unspecified atom stereocenters. The van der Waals surface area contributed by atoms with Crippen LogP contribution in [0.2, 0.25) is 5.02 Å². The molecule has 31 heavy (non-hydrogen) atoms. The van der Waals surface area contributed by atoms with Gasteiger partial charge in [0.15, 0.2) is 5.16 Å². The zero-order valence-corrected chi connectivity index (χ0v) is 20.7. The van der Waals surface area contributed by atoms with Crippen molar-refractivity contribution in [2.75, 3.05) is 24.2 Å². The molecule has 1 aliphatic rings. The first kappa shape index (κ1) is 24.1. The number of halogens is 1. The summed E-state index contributed by atoms with van der Waals surface area (Å²) in [4.78, 5) is 17.3. The Labute approximate surface area is 193 Å². The maximum absolute atomic E-state index is 12.8. The first-order valence-electron chi connectivity index (χ1n) is 10.4. The molecule has 0 saturated carbocycles. The number of hydrogen-bond donors (Lipinski definition) is 1. The number of carbonyl (C=O) groups excluding carboxylic acids is 1. The molecule has 2 heterocycles. The Morgan fingerprint density at radius 2 is 1.94 bits per heavy atom. The van der Waals surface area contributed by atoms with Crippen molar-refractivity contribution >= 4 is 45.0 Å². The summed E-state index contributed by atoms with van der Waals surface area (Å²) in [6.45, 7) is 10.1. The first-order valence-corrected chi connectivity index (χ1v) is 13.2. The van der Waals surface area contributed by atoms with Gasteiger partial charge in [-0.25, -0.2) is 13.4 Å². The van der Waals surface area contributed by atoms with Crippen LogP contribution in [0, 0.1) is 19.8 Å². The molecule has 7 nitrogen and oxygen atoms in total. The van der Waals surface area contributed by atoms with Crippen molar-refractivity contribution in [3.8, 4) is 0 Å². The molecule has 0 bridgehead atoms. The van der Waals surface area contributed by atoms with E-state index < -0.39 is 10.0 Å². The Morgan fingerprint density at radius 1 is 1.26 bits per heavy atom. The van der Waals surface area contributed by atoms with E-state index in [4.69, 9.17) is 11.6 Å². The number of aromatic nitrogens is 2. The number of nitrogens with one attached hydrogen (secondary N) is 1. The molecule has 2 aromatic rings. The molecule has 0 spiro atoms. The van der Waals surface area contributed by atoms with Crippen LogP contribution >= 0.6 is 23.4 Å². The zero-order chi connectivity index (χ0) is 22.8. The van der Waals surface area contributed by atoms with Crippen LogP contribution in [0.3, 0.4) is 0 Å². The summed E-state index contributed by atoms with van der Waals surface area (Å²) in [5, 5.41) is 3.85. The number of rotatable bonds is 8. The average molecular weight is 485 g/mol. The van der Waals surface area contributed by atoms with E-state index in [1.807, 2.05) is 13.8 Å². The summed E-state index contributed by atoms with van der Waals surface area (Å²) in [5.74, 6) is 0.338. The van der Waals surface area contributed by atoms with E-state index >= 15 is 0 Å². The van der Waals surface area contributed by atoms with Crippen molar-refractivity contribution in [2.24, 2.45) is 5.92 Å². The van der Waals surface area contributed by atoms with Gasteiger partial charge in [-0.05, 0) is 50.8 Å². The van der Waals surface area contributed by atoms with Gasteiger partial charge in [0.05, 0.1) is 27.1 Å². The van der Waals surface area contributed by atoms with Gasteiger partial charge in [-0.2, -0.15) is 4.31 Å². The fourth-order valence-electron chi connectivity index (χ4n) is 3.47. The lowest BCUT2D eigenvalue weighted by Gasteiger charge is -2.17. The minimum absolute atomic E-state index is 0.139. The molecular formula is C21H29ClN4O3S2. The van der Waals surface area contributed by atoms with Crippen LogP contribution in [-0.2, 0) is 21.4 Å². The van der Waals surface area contributed by atoms with E-state index in [0.29, 0.717) is 29.7 Å². The van der Waals surface area contributed by atoms with Gasteiger partial charge in [0.2, 0.25) is 15.9 Å². The Bertz CT molecular complexity index is 1060. The third kappa shape index (κ3) is 5.63. The van der Waals surface area contributed by atoms with Crippen LogP contribution in [0.5, 0.6) is 0 Å². The maximum Gasteiger partial charge on any atom is 0.243 e. The third-order valence-corrected chi connectivity index (χ3v) is 8.42. The predicted molar refractivity (Wildman–Crippen MR) is 125 cm³/mol. The predicted octanol–water partition coefficient (Wildman–Crippen LogP) is 4.32. The molecule has 1 N–H and O–H groups in total. The van der Waals surface area contributed by atoms with Gasteiger partial charge in [0, 0.05) is 25.3 Å². The molecule has 170 valence electrons. The first-order chi connectivity index (χ1) is 14.6. The summed E-state index contributed by atoms with van der Waals surface area (Å²) >= 11 is 7.59. The largest absolute Gasteiger partial charge is 0.324 e. The van der Waals surface area contributed by atoms with Crippen molar-refractivity contribution in [2.45, 2.75) is 57.1 Å². The monoisotopic (exact) mass is 484 g/mol. The molecule has 1 fully saturated rings. The third-order valence-electron chi connectivity index (χ3n) is 5.22. The molecule has 0 radical (unpaired) electrons. The molecule has 3 rings (SSSR count). The Morgan fingerprint density at radius 3 is 2.58 bits per heavy atom. The second-order valence-corrected chi connectivity index (χ2v) is 11.4. The number of benzene rings is 1. The molecule has 0 atom stereocenters. The number of thioether (sulfide) groups is 1. The van der Waals surface area contributed by atoms with Crippen LogP contribution in [0.4, 0.5) is 5.69 Å². The van der Waals surface area contributed by atoms with Crippen molar-refractivity contribution in [1.82, 2.24) is 13.9 Å². The van der Waals surface area contributed by atoms with E-state index in [1.54, 1.807) is 0 Å². The lowest BCUT2D eigenvalue weighted by molar-refractivity contribution is -0.113. The highest BCUT2D eigenvalue weighted by atomic mass is 35.5. The van der Waals surface area contributed by atoms with E-state index in [9.17, 15) is 13.2 Å². The smallest absolute Gasteiger partial charge is 0.243 e. The molecule has 1 aliphatic heterocycles. The van der Waals surface area contributed by atoms with Gasteiger partial charge in [-0.15, -0.1) is 0 Å². The molecular weight excluding hydrogens is 456 g/mol. The molecule has 1 amide bonds. The van der Waals surface area contributed by atoms with Gasteiger partial charge < -0.3 is 9.88 Å². The number of carbonyl (C=O) groups is 1. The number of nitrogens with zero attached hydrogens (tertiary/aromatic N) is 3. The second-order valence-electron chi connectivity index (χ2n) is 8.16. The lowest BCUT2D eigenvalue weighted by atomic mass is 10.2. The Balaban J connectivity index is 1.71. The number of hydrogen-bond acceptors (Lipinski definition) is 5. The van der Waals surface area contributed by atoms with Crippen LogP contribution in [0.1, 0.15) is 38.1 Å². The molecule has 1 aromatic carbocycles. The normalized spacial score (nSPS) is 15.0. The van der Waals surface area contributed by atoms with Crippen molar-refractivity contribution < 1.29 is 13.2 Å². The minimum atomic E-state index is -3.58. The summed E-state index contributed by atoms with van der Waals surface area (Å²) in [6, 6.07) is 4.43. The molecule has 1 aromatic heterocycles. The van der Waals surface area contributed by atoms with E-state index in [0.717, 1.165) is 35.9 Å². The average Bonchev–Trinajstić information content (AvgIpc) is 3.33. The highest BCUT2D eigenvalue weighted by Gasteiger charge is 2.27. The second kappa shape index (κ2) is 9.94. The maximum atomic E-state index is 12.8. The Kier molecular flexibility index (Phi) is 7.72. The fourth-order valence-corrected chi connectivity index (χ4v) is 6.08. The quantitative estimate of drug-likeness (QED) is 0.564. The standard InChI is InChI=1S/C21H29ClN4O3S2/c1-14(2)12-26-16(4)15(3)23-21(26)30-13-20(27)24-19-11-17(7-8-18(19)22)31(28,29)25-9-5-6-10-25/h7-8,11,14H,5-6,9-10,12-13H2,1-4H3,(H,24,27). The van der Waals surface area contributed by atoms with Crippen LogP contribution in [0.15, 0.2) is 28.3 Å². The highest BCUT2D eigenvalue weighted by Crippen LogP contribution is 2.29. The van der Waals surface area contributed by atoms with Gasteiger partial charge in [-0.3, -0.25) is 4.79 Å². The lowest BCUT2D eigenvalue weighted by Crippen LogP contribution is -2.28. The van der Waals surface area contributed by atoms with Gasteiger partial charge >= 0.3 is 0 Å². The van der Waals surface area contributed by atoms with Gasteiger partial charge in [0.25, 0.3) is 0 Å². The van der Waals surface area contributed by atoms with Crippen LogP contribution in [0.25, 0.3) is 0 Å². The van der Waals surface area contributed by atoms with Gasteiger partial charge in [-0.1, -0.05) is 37.2 Å². The molecule has 0 aliphatic carbocycles. The van der Waals surface area contributed by atoms with Crippen molar-refractivity contribution in [3.63, 3.8) is 0 Å². The van der Waals surface area contributed by atoms with Crippen molar-refractivity contribution in [1.29, 1.82) is 0 Å². The fraction of sp³-hybridized carbons (Fsp3) is 0.524. The Hall–Kier alpha value is -1.55. The number of aryl methyl sites for hydroxylation is 1. The zero-order valence-electron chi connectivity index (χ0n) is 18.3. The summed E-state index contributed by atoms with van der Waals surface area (Å²) in [6.07, 6.45) is 1.72. The van der Waals surface area contributed by atoms with Crippen molar-refractivity contribution in [3.05, 3.63) is 34.6 Å².